The minimum atomic E-state index is -0.686. The molecule has 0 spiro atoms. The van der Waals surface area contributed by atoms with Crippen molar-refractivity contribution in [2.24, 2.45) is 0 Å². The van der Waals surface area contributed by atoms with Gasteiger partial charge in [-0.25, -0.2) is 14.8 Å². The minimum absolute atomic E-state index is 0.104. The van der Waals surface area contributed by atoms with E-state index in [1.54, 1.807) is 30.3 Å². The van der Waals surface area contributed by atoms with E-state index in [0.29, 0.717) is 17.0 Å². The Hall–Kier alpha value is -4.74. The van der Waals surface area contributed by atoms with Crippen LogP contribution in [0.2, 0.25) is 0 Å². The van der Waals surface area contributed by atoms with Crippen molar-refractivity contribution in [3.8, 4) is 5.75 Å². The molecular formula is C21H20N6O6. The second-order valence-electron chi connectivity index (χ2n) is 6.53. The number of para-hydroxylation sites is 1. The van der Waals surface area contributed by atoms with E-state index in [9.17, 15) is 19.7 Å². The number of rotatable bonds is 8. The number of carbonyl (C=O) groups is 2. The summed E-state index contributed by atoms with van der Waals surface area (Å²) >= 11 is 0. The Morgan fingerprint density at radius 2 is 1.76 bits per heavy atom. The van der Waals surface area contributed by atoms with Crippen LogP contribution in [-0.2, 0) is 4.74 Å². The first kappa shape index (κ1) is 22.9. The Balaban J connectivity index is 1.91. The zero-order valence-electron chi connectivity index (χ0n) is 17.9. The van der Waals surface area contributed by atoms with E-state index in [4.69, 9.17) is 9.47 Å². The number of hydrazine groups is 1. The highest BCUT2D eigenvalue weighted by atomic mass is 16.6. The average Bonchev–Trinajstić information content (AvgIpc) is 2.85. The molecule has 0 radical (unpaired) electrons. The number of anilines is 3. The van der Waals surface area contributed by atoms with Crippen LogP contribution in [0.25, 0.3) is 0 Å². The highest BCUT2D eigenvalue weighted by Crippen LogP contribution is 2.35. The molecule has 1 aromatic heterocycles. The number of carbonyl (C=O) groups excluding carboxylic acids is 2. The third-order valence-corrected chi connectivity index (χ3v) is 4.62. The van der Waals surface area contributed by atoms with Crippen molar-refractivity contribution >= 4 is 34.9 Å². The number of nitro groups is 1. The number of esters is 1. The topological polar surface area (TPSA) is 149 Å². The van der Waals surface area contributed by atoms with Gasteiger partial charge in [0.1, 0.15) is 12.1 Å². The molecule has 0 fully saturated rings. The number of amides is 1. The summed E-state index contributed by atoms with van der Waals surface area (Å²) < 4.78 is 9.84. The van der Waals surface area contributed by atoms with Gasteiger partial charge in [0, 0.05) is 12.6 Å². The molecule has 12 nitrogen and oxygen atoms in total. The molecule has 12 heteroatoms. The number of aromatic nitrogens is 2. The standard InChI is InChI=1S/C21H20N6O6/c1-26(16-7-5-4-6-15(16)21(29)33-3)19-17(27(30)31)18(22-12-23-19)24-25-20(28)13-8-10-14(32-2)11-9-13/h4-12H,1-3H3,(H,25,28)(H,22,23,24). The molecule has 2 aromatic carbocycles. The van der Waals surface area contributed by atoms with Crippen LogP contribution in [0.3, 0.4) is 0 Å². The fourth-order valence-electron chi connectivity index (χ4n) is 2.97. The molecule has 0 bridgehead atoms. The van der Waals surface area contributed by atoms with Gasteiger partial charge in [0.05, 0.1) is 30.4 Å². The van der Waals surface area contributed by atoms with Crippen molar-refractivity contribution in [2.45, 2.75) is 0 Å². The van der Waals surface area contributed by atoms with Gasteiger partial charge in [-0.2, -0.15) is 0 Å². The monoisotopic (exact) mass is 452 g/mol. The molecule has 0 atom stereocenters. The van der Waals surface area contributed by atoms with Crippen molar-refractivity contribution in [3.63, 3.8) is 0 Å². The maximum atomic E-state index is 12.4. The van der Waals surface area contributed by atoms with Gasteiger partial charge in [-0.05, 0) is 36.4 Å². The maximum Gasteiger partial charge on any atom is 0.355 e. The molecule has 0 aliphatic rings. The van der Waals surface area contributed by atoms with Gasteiger partial charge in [-0.3, -0.25) is 25.8 Å². The molecule has 0 unspecified atom stereocenters. The fourth-order valence-corrected chi connectivity index (χ4v) is 2.97. The van der Waals surface area contributed by atoms with Gasteiger partial charge in [-0.1, -0.05) is 12.1 Å². The van der Waals surface area contributed by atoms with Crippen LogP contribution in [0.15, 0.2) is 54.9 Å². The number of methoxy groups -OCH3 is 2. The normalized spacial score (nSPS) is 10.2. The smallest absolute Gasteiger partial charge is 0.355 e. The predicted molar refractivity (Wildman–Crippen MR) is 119 cm³/mol. The van der Waals surface area contributed by atoms with Gasteiger partial charge in [-0.15, -0.1) is 0 Å². The summed E-state index contributed by atoms with van der Waals surface area (Å²) in [5.74, 6) is -0.927. The summed E-state index contributed by atoms with van der Waals surface area (Å²) in [6, 6.07) is 12.7. The van der Waals surface area contributed by atoms with Crippen LogP contribution in [0.5, 0.6) is 5.75 Å². The number of nitrogens with one attached hydrogen (secondary N) is 2. The number of nitrogens with zero attached hydrogens (tertiary/aromatic N) is 4. The van der Waals surface area contributed by atoms with E-state index in [-0.39, 0.29) is 17.2 Å². The third kappa shape index (κ3) is 4.95. The molecular weight excluding hydrogens is 432 g/mol. The van der Waals surface area contributed by atoms with Crippen molar-refractivity contribution in [1.82, 2.24) is 15.4 Å². The maximum absolute atomic E-state index is 12.4. The number of benzene rings is 2. The lowest BCUT2D eigenvalue weighted by molar-refractivity contribution is -0.383. The largest absolute Gasteiger partial charge is 0.497 e. The summed E-state index contributed by atoms with van der Waals surface area (Å²) in [4.78, 5) is 45.0. The second kappa shape index (κ2) is 10.0. The number of ether oxygens (including phenoxy) is 2. The molecule has 0 aliphatic carbocycles. The minimum Gasteiger partial charge on any atom is -0.497 e. The van der Waals surface area contributed by atoms with Gasteiger partial charge < -0.3 is 14.4 Å². The van der Waals surface area contributed by atoms with Crippen LogP contribution in [0, 0.1) is 10.1 Å². The van der Waals surface area contributed by atoms with Crippen LogP contribution in [-0.4, -0.2) is 48.0 Å². The van der Waals surface area contributed by atoms with Crippen molar-refractivity contribution in [3.05, 3.63) is 76.1 Å². The molecule has 1 heterocycles. The summed E-state index contributed by atoms with van der Waals surface area (Å²) in [6.07, 6.45) is 1.10. The summed E-state index contributed by atoms with van der Waals surface area (Å²) in [5, 5.41) is 11.9. The van der Waals surface area contributed by atoms with Gasteiger partial charge in [0.15, 0.2) is 0 Å². The molecule has 0 saturated heterocycles. The summed E-state index contributed by atoms with van der Waals surface area (Å²) in [7, 11) is 4.25. The quantitative estimate of drug-likeness (QED) is 0.297. The van der Waals surface area contributed by atoms with E-state index in [1.807, 2.05) is 0 Å². The van der Waals surface area contributed by atoms with Crippen molar-refractivity contribution in [2.75, 3.05) is 31.6 Å². The lowest BCUT2D eigenvalue weighted by Crippen LogP contribution is -2.30. The van der Waals surface area contributed by atoms with Gasteiger partial charge in [0.25, 0.3) is 5.91 Å². The molecule has 0 saturated carbocycles. The Labute approximate surface area is 188 Å². The van der Waals surface area contributed by atoms with Crippen molar-refractivity contribution < 1.29 is 24.0 Å². The zero-order valence-corrected chi connectivity index (χ0v) is 17.9. The highest BCUT2D eigenvalue weighted by Gasteiger charge is 2.28. The fraction of sp³-hybridized carbons (Fsp3) is 0.143. The molecule has 1 amide bonds. The third-order valence-electron chi connectivity index (χ3n) is 4.62. The molecule has 33 heavy (non-hydrogen) atoms. The van der Waals surface area contributed by atoms with E-state index >= 15 is 0 Å². The Morgan fingerprint density at radius 3 is 2.39 bits per heavy atom. The van der Waals surface area contributed by atoms with Crippen LogP contribution in [0.4, 0.5) is 23.0 Å². The van der Waals surface area contributed by atoms with Crippen molar-refractivity contribution in [1.29, 1.82) is 0 Å². The Kier molecular flexibility index (Phi) is 6.98. The molecule has 170 valence electrons. The molecule has 0 aliphatic heterocycles. The van der Waals surface area contributed by atoms with Crippen LogP contribution < -0.4 is 20.5 Å². The SMILES string of the molecule is COC(=O)c1ccccc1N(C)c1ncnc(NNC(=O)c2ccc(OC)cc2)c1[N+](=O)[O-]. The highest BCUT2D eigenvalue weighted by molar-refractivity contribution is 5.97. The van der Waals surface area contributed by atoms with E-state index in [1.165, 1.54) is 44.4 Å². The predicted octanol–water partition coefficient (Wildman–Crippen LogP) is 2.70. The van der Waals surface area contributed by atoms with E-state index < -0.39 is 22.5 Å². The number of hydrogen-bond donors (Lipinski definition) is 2. The van der Waals surface area contributed by atoms with E-state index in [0.717, 1.165) is 6.33 Å². The lowest BCUT2D eigenvalue weighted by atomic mass is 10.1. The summed E-state index contributed by atoms with van der Waals surface area (Å²) in [6.45, 7) is 0. The first-order valence-electron chi connectivity index (χ1n) is 9.48. The molecule has 3 aromatic rings. The zero-order chi connectivity index (χ0) is 24.0. The van der Waals surface area contributed by atoms with Gasteiger partial charge >= 0.3 is 11.7 Å². The summed E-state index contributed by atoms with van der Waals surface area (Å²) in [5.41, 5.74) is 5.17. The Bertz CT molecular complexity index is 1180. The molecule has 3 rings (SSSR count). The first-order chi connectivity index (χ1) is 15.9. The van der Waals surface area contributed by atoms with Gasteiger partial charge in [0.2, 0.25) is 11.6 Å². The Morgan fingerprint density at radius 1 is 1.06 bits per heavy atom. The van der Waals surface area contributed by atoms with Crippen LogP contribution >= 0.6 is 0 Å². The second-order valence-corrected chi connectivity index (χ2v) is 6.53. The van der Waals surface area contributed by atoms with Crippen LogP contribution in [0.1, 0.15) is 20.7 Å². The molecule has 2 N–H and O–H groups in total. The van der Waals surface area contributed by atoms with E-state index in [2.05, 4.69) is 20.8 Å². The number of hydrogen-bond acceptors (Lipinski definition) is 10. The average molecular weight is 452 g/mol. The lowest BCUT2D eigenvalue weighted by Gasteiger charge is -2.21. The first-order valence-corrected chi connectivity index (χ1v) is 9.48.